The second-order valence-electron chi connectivity index (χ2n) is 6.09. The molecule has 1 atom stereocenters. The second-order valence-corrected chi connectivity index (χ2v) is 6.09. The van der Waals surface area contributed by atoms with Gasteiger partial charge in [0.15, 0.2) is 0 Å². The zero-order valence-electron chi connectivity index (χ0n) is 13.0. The molecule has 4 nitrogen and oxygen atoms in total. The predicted molar refractivity (Wildman–Crippen MR) is 84.8 cm³/mol. The first-order valence-electron chi connectivity index (χ1n) is 7.89. The van der Waals surface area contributed by atoms with Gasteiger partial charge in [-0.1, -0.05) is 11.8 Å². The summed E-state index contributed by atoms with van der Waals surface area (Å²) in [6.07, 6.45) is 2.11. The van der Waals surface area contributed by atoms with Gasteiger partial charge >= 0.3 is 0 Å². The molecule has 1 aromatic rings. The van der Waals surface area contributed by atoms with Crippen LogP contribution >= 0.6 is 0 Å². The lowest BCUT2D eigenvalue weighted by molar-refractivity contribution is -0.0713. The van der Waals surface area contributed by atoms with E-state index in [-0.39, 0.29) is 0 Å². The average molecular weight is 301 g/mol. The van der Waals surface area contributed by atoms with E-state index in [1.165, 1.54) is 0 Å². The van der Waals surface area contributed by atoms with Crippen LogP contribution in [0.4, 0.5) is 0 Å². The maximum absolute atomic E-state index is 10.8. The molecule has 2 bridgehead atoms. The first-order chi connectivity index (χ1) is 10.7. The Morgan fingerprint density at radius 3 is 2.55 bits per heavy atom. The average Bonchev–Trinajstić information content (AvgIpc) is 2.55. The number of ether oxygens (including phenoxy) is 2. The van der Waals surface area contributed by atoms with E-state index in [9.17, 15) is 5.11 Å². The summed E-state index contributed by atoms with van der Waals surface area (Å²) in [5.74, 6) is 7.38. The van der Waals surface area contributed by atoms with Crippen LogP contribution in [0.25, 0.3) is 0 Å². The van der Waals surface area contributed by atoms with Crippen LogP contribution in [-0.2, 0) is 4.74 Å². The van der Waals surface area contributed by atoms with Crippen molar-refractivity contribution < 1.29 is 14.6 Å². The highest BCUT2D eigenvalue weighted by atomic mass is 16.5. The van der Waals surface area contributed by atoms with Crippen LogP contribution in [-0.4, -0.2) is 55.6 Å². The number of fused-ring (bicyclic) bond motifs is 3. The molecule has 3 aliphatic heterocycles. The molecule has 22 heavy (non-hydrogen) atoms. The quantitative estimate of drug-likeness (QED) is 0.676. The van der Waals surface area contributed by atoms with E-state index in [4.69, 9.17) is 9.47 Å². The number of hydrogen-bond donors (Lipinski definition) is 1. The summed E-state index contributed by atoms with van der Waals surface area (Å²) in [4.78, 5) is 2.31. The molecule has 1 aromatic carbocycles. The molecular weight excluding hydrogens is 278 g/mol. The minimum Gasteiger partial charge on any atom is -0.491 e. The van der Waals surface area contributed by atoms with Gasteiger partial charge in [-0.25, -0.2) is 0 Å². The van der Waals surface area contributed by atoms with E-state index in [0.717, 1.165) is 37.2 Å². The Bertz CT molecular complexity index is 552. The Hall–Kier alpha value is -1.54. The number of hydrogen-bond acceptors (Lipinski definition) is 4. The summed E-state index contributed by atoms with van der Waals surface area (Å²) in [5.41, 5.74) is 0.0633. The highest BCUT2D eigenvalue weighted by Gasteiger charge is 2.44. The lowest BCUT2D eigenvalue weighted by Crippen LogP contribution is -2.58. The molecule has 0 spiro atoms. The molecule has 0 saturated carbocycles. The van der Waals surface area contributed by atoms with Gasteiger partial charge in [0.1, 0.15) is 18.0 Å². The normalized spacial score (nSPS) is 29.7. The number of aliphatic hydroxyl groups is 1. The highest BCUT2D eigenvalue weighted by Crippen LogP contribution is 2.35. The molecular formula is C18H23NO3. The summed E-state index contributed by atoms with van der Waals surface area (Å²) in [7, 11) is 1.65. The van der Waals surface area contributed by atoms with Gasteiger partial charge in [-0.15, -0.1) is 0 Å². The SMILES string of the molecule is COCCOc1ccc(C#CC2(O)CN3CCC2CC3)cc1. The van der Waals surface area contributed by atoms with Gasteiger partial charge < -0.3 is 14.6 Å². The number of nitrogens with zero attached hydrogens (tertiary/aromatic N) is 1. The molecule has 0 aliphatic carbocycles. The van der Waals surface area contributed by atoms with Gasteiger partial charge in [-0.2, -0.15) is 0 Å². The topological polar surface area (TPSA) is 41.9 Å². The van der Waals surface area contributed by atoms with Crippen molar-refractivity contribution in [3.8, 4) is 17.6 Å². The fourth-order valence-electron chi connectivity index (χ4n) is 3.24. The molecule has 118 valence electrons. The van der Waals surface area contributed by atoms with Crippen LogP contribution in [0.1, 0.15) is 18.4 Å². The standard InChI is InChI=1S/C18H23NO3/c1-21-12-13-22-17-4-2-15(3-5-17)6-9-18(20)14-19-10-7-16(18)8-11-19/h2-5,16,20H,7-8,10-14H2,1H3. The van der Waals surface area contributed by atoms with Crippen molar-refractivity contribution in [2.45, 2.75) is 18.4 Å². The largest absolute Gasteiger partial charge is 0.491 e. The fourth-order valence-corrected chi connectivity index (χ4v) is 3.24. The smallest absolute Gasteiger partial charge is 0.141 e. The Balaban J connectivity index is 1.64. The fraction of sp³-hybridized carbons (Fsp3) is 0.556. The summed E-state index contributed by atoms with van der Waals surface area (Å²) in [5, 5.41) is 10.8. The Morgan fingerprint density at radius 1 is 1.23 bits per heavy atom. The Morgan fingerprint density at radius 2 is 1.95 bits per heavy atom. The lowest BCUT2D eigenvalue weighted by Gasteiger charge is -2.47. The molecule has 1 N–H and O–H groups in total. The summed E-state index contributed by atoms with van der Waals surface area (Å²) in [6.45, 7) is 4.00. The van der Waals surface area contributed by atoms with Crippen LogP contribution in [0.15, 0.2) is 24.3 Å². The maximum atomic E-state index is 10.8. The van der Waals surface area contributed by atoms with E-state index in [1.807, 2.05) is 24.3 Å². The van der Waals surface area contributed by atoms with Crippen molar-refractivity contribution >= 4 is 0 Å². The third-order valence-electron chi connectivity index (χ3n) is 4.56. The first-order valence-corrected chi connectivity index (χ1v) is 7.89. The Labute approximate surface area is 132 Å². The summed E-state index contributed by atoms with van der Waals surface area (Å²) in [6, 6.07) is 7.67. The van der Waals surface area contributed by atoms with Crippen molar-refractivity contribution in [1.29, 1.82) is 0 Å². The van der Waals surface area contributed by atoms with Gasteiger partial charge in [0.05, 0.1) is 6.61 Å². The molecule has 4 heteroatoms. The van der Waals surface area contributed by atoms with Gasteiger partial charge in [0.25, 0.3) is 0 Å². The molecule has 3 heterocycles. The van der Waals surface area contributed by atoms with E-state index in [2.05, 4.69) is 16.7 Å². The van der Waals surface area contributed by atoms with Crippen molar-refractivity contribution in [3.63, 3.8) is 0 Å². The van der Waals surface area contributed by atoms with E-state index in [0.29, 0.717) is 25.7 Å². The number of piperidine rings is 3. The molecule has 3 aliphatic rings. The minimum atomic E-state index is -0.843. The van der Waals surface area contributed by atoms with E-state index in [1.54, 1.807) is 7.11 Å². The van der Waals surface area contributed by atoms with Crippen molar-refractivity contribution in [1.82, 2.24) is 4.90 Å². The molecule has 0 aromatic heterocycles. The van der Waals surface area contributed by atoms with Gasteiger partial charge in [-0.3, -0.25) is 4.90 Å². The maximum Gasteiger partial charge on any atom is 0.141 e. The van der Waals surface area contributed by atoms with Crippen molar-refractivity contribution in [2.75, 3.05) is 40.0 Å². The summed E-state index contributed by atoms with van der Waals surface area (Å²) < 4.78 is 10.5. The summed E-state index contributed by atoms with van der Waals surface area (Å²) >= 11 is 0. The van der Waals surface area contributed by atoms with Crippen LogP contribution in [0.5, 0.6) is 5.75 Å². The van der Waals surface area contributed by atoms with E-state index >= 15 is 0 Å². The monoisotopic (exact) mass is 301 g/mol. The molecule has 0 radical (unpaired) electrons. The van der Waals surface area contributed by atoms with E-state index < -0.39 is 5.60 Å². The van der Waals surface area contributed by atoms with Crippen molar-refractivity contribution in [2.24, 2.45) is 5.92 Å². The van der Waals surface area contributed by atoms with Crippen molar-refractivity contribution in [3.05, 3.63) is 29.8 Å². The van der Waals surface area contributed by atoms with Gasteiger partial charge in [-0.05, 0) is 50.2 Å². The predicted octanol–water partition coefficient (Wildman–Crippen LogP) is 1.52. The molecule has 1 unspecified atom stereocenters. The number of rotatable bonds is 4. The third kappa shape index (κ3) is 3.44. The Kier molecular flexibility index (Phi) is 4.68. The second kappa shape index (κ2) is 6.70. The number of methoxy groups -OCH3 is 1. The zero-order valence-corrected chi connectivity index (χ0v) is 13.0. The first kappa shape index (κ1) is 15.4. The number of benzene rings is 1. The molecule has 3 saturated heterocycles. The highest BCUT2D eigenvalue weighted by molar-refractivity contribution is 5.40. The van der Waals surface area contributed by atoms with Crippen LogP contribution in [0, 0.1) is 17.8 Å². The molecule has 0 amide bonds. The minimum absolute atomic E-state index is 0.321. The lowest BCUT2D eigenvalue weighted by atomic mass is 9.76. The third-order valence-corrected chi connectivity index (χ3v) is 4.56. The van der Waals surface area contributed by atoms with Gasteiger partial charge in [0, 0.05) is 25.1 Å². The van der Waals surface area contributed by atoms with Gasteiger partial charge in [0.2, 0.25) is 0 Å². The zero-order chi connectivity index (χ0) is 15.4. The molecule has 3 fully saturated rings. The van der Waals surface area contributed by atoms with Crippen LogP contribution in [0.3, 0.4) is 0 Å². The molecule has 4 rings (SSSR count). The van der Waals surface area contributed by atoms with Crippen LogP contribution < -0.4 is 4.74 Å². The van der Waals surface area contributed by atoms with Crippen LogP contribution in [0.2, 0.25) is 0 Å².